The minimum atomic E-state index is -4.81. The molecule has 4 N–H and O–H groups in total. The summed E-state index contributed by atoms with van der Waals surface area (Å²) in [5.41, 5.74) is 3.95. The topological polar surface area (TPSA) is 93.2 Å². The molecule has 2 aliphatic carbocycles. The average Bonchev–Trinajstić information content (AvgIpc) is 3.67. The van der Waals surface area contributed by atoms with Crippen molar-refractivity contribution in [3.63, 3.8) is 0 Å². The van der Waals surface area contributed by atoms with Crippen LogP contribution in [0.4, 0.5) is 17.6 Å². The van der Waals surface area contributed by atoms with Crippen molar-refractivity contribution in [1.29, 1.82) is 0 Å². The van der Waals surface area contributed by atoms with Gasteiger partial charge < -0.3 is 16.2 Å². The highest BCUT2D eigenvalue weighted by atomic mass is 19.4. The second-order valence-corrected chi connectivity index (χ2v) is 10.9. The van der Waals surface area contributed by atoms with Crippen molar-refractivity contribution in [2.75, 3.05) is 0 Å². The van der Waals surface area contributed by atoms with Crippen molar-refractivity contribution in [1.82, 2.24) is 15.1 Å². The summed E-state index contributed by atoms with van der Waals surface area (Å²) in [5.74, 6) is -2.18. The zero-order valence-electron chi connectivity index (χ0n) is 22.5. The first kappa shape index (κ1) is 28.8. The van der Waals surface area contributed by atoms with E-state index < -0.39 is 46.7 Å². The third kappa shape index (κ3) is 6.13. The SMILES string of the molecule is CC1C=C(F)C(NC(=O)c2cc(C(F)(F)F)nn2-c2cccc(CN)c2)=CC1C(O)(CCC1CC1)c1ccccc1. The Bertz CT molecular complexity index is 1480. The monoisotopic (exact) mass is 568 g/mol. The van der Waals surface area contributed by atoms with E-state index >= 15 is 4.39 Å². The summed E-state index contributed by atoms with van der Waals surface area (Å²) in [6.07, 6.45) is 1.47. The van der Waals surface area contributed by atoms with E-state index in [2.05, 4.69) is 10.4 Å². The number of hydrogen-bond donors (Lipinski definition) is 3. The largest absolute Gasteiger partial charge is 0.435 e. The molecule has 1 heterocycles. The fraction of sp³-hybridized carbons (Fsp3) is 0.355. The number of rotatable bonds is 9. The van der Waals surface area contributed by atoms with Crippen molar-refractivity contribution >= 4 is 5.91 Å². The number of amides is 1. The molecule has 41 heavy (non-hydrogen) atoms. The Balaban J connectivity index is 1.50. The highest BCUT2D eigenvalue weighted by molar-refractivity contribution is 5.95. The normalized spacial score (nSPS) is 20.7. The minimum Gasteiger partial charge on any atom is -0.385 e. The molecule has 0 bridgehead atoms. The van der Waals surface area contributed by atoms with Crippen LogP contribution in [0.1, 0.15) is 59.9 Å². The van der Waals surface area contributed by atoms with Crippen LogP contribution in [-0.2, 0) is 18.3 Å². The van der Waals surface area contributed by atoms with Gasteiger partial charge in [-0.25, -0.2) is 9.07 Å². The Morgan fingerprint density at radius 2 is 1.83 bits per heavy atom. The number of nitrogens with two attached hydrogens (primary N) is 1. The number of nitrogens with one attached hydrogen (secondary N) is 1. The van der Waals surface area contributed by atoms with E-state index in [4.69, 9.17) is 5.73 Å². The van der Waals surface area contributed by atoms with Crippen LogP contribution in [0.15, 0.2) is 84.3 Å². The first-order valence-electron chi connectivity index (χ1n) is 13.6. The lowest BCUT2D eigenvalue weighted by molar-refractivity contribution is -0.141. The molecule has 1 amide bonds. The van der Waals surface area contributed by atoms with E-state index in [-0.39, 0.29) is 17.9 Å². The number of hydrogen-bond acceptors (Lipinski definition) is 4. The van der Waals surface area contributed by atoms with Gasteiger partial charge in [-0.05, 0) is 54.0 Å². The molecule has 0 spiro atoms. The molecule has 1 saturated carbocycles. The molecular formula is C31H32F4N4O2. The van der Waals surface area contributed by atoms with Crippen LogP contribution >= 0.6 is 0 Å². The standard InChI is InChI=1S/C31H32F4N4O2/c1-19-14-25(32)26(16-24(19)30(41,13-12-20-10-11-20)22-7-3-2-4-8-22)37-29(40)27-17-28(31(33,34)35)38-39(27)23-9-5-6-21(15-23)18-36/h2-9,14-17,19-20,24,41H,10-13,18,36H2,1H3,(H,37,40). The summed E-state index contributed by atoms with van der Waals surface area (Å²) in [4.78, 5) is 13.4. The average molecular weight is 569 g/mol. The summed E-state index contributed by atoms with van der Waals surface area (Å²) in [7, 11) is 0. The summed E-state index contributed by atoms with van der Waals surface area (Å²) < 4.78 is 57.0. The number of aliphatic hydroxyl groups is 1. The Labute approximate surface area is 235 Å². The number of carbonyl (C=O) groups is 1. The van der Waals surface area contributed by atoms with E-state index in [0.717, 1.165) is 23.9 Å². The van der Waals surface area contributed by atoms with Crippen molar-refractivity contribution in [3.05, 3.63) is 107 Å². The van der Waals surface area contributed by atoms with E-state index in [9.17, 15) is 23.1 Å². The molecule has 216 valence electrons. The van der Waals surface area contributed by atoms with Gasteiger partial charge in [0, 0.05) is 18.5 Å². The molecular weight excluding hydrogens is 536 g/mol. The maximum Gasteiger partial charge on any atom is 0.435 e. The van der Waals surface area contributed by atoms with Crippen molar-refractivity contribution < 1.29 is 27.5 Å². The number of aromatic nitrogens is 2. The third-order valence-electron chi connectivity index (χ3n) is 7.91. The van der Waals surface area contributed by atoms with Gasteiger partial charge in [0.2, 0.25) is 0 Å². The van der Waals surface area contributed by atoms with Gasteiger partial charge in [-0.1, -0.05) is 68.3 Å². The molecule has 3 aromatic rings. The van der Waals surface area contributed by atoms with Crippen molar-refractivity contribution in [2.45, 2.75) is 50.9 Å². The second kappa shape index (κ2) is 11.3. The van der Waals surface area contributed by atoms with Gasteiger partial charge in [0.15, 0.2) is 5.69 Å². The van der Waals surface area contributed by atoms with Gasteiger partial charge in [0.1, 0.15) is 11.5 Å². The molecule has 5 rings (SSSR count). The number of carbonyl (C=O) groups excluding carboxylic acids is 1. The molecule has 0 aliphatic heterocycles. The predicted molar refractivity (Wildman–Crippen MR) is 146 cm³/mol. The predicted octanol–water partition coefficient (Wildman–Crippen LogP) is 6.16. The molecule has 3 atom stereocenters. The molecule has 0 saturated heterocycles. The molecule has 1 fully saturated rings. The first-order chi connectivity index (χ1) is 19.5. The fourth-order valence-electron chi connectivity index (χ4n) is 5.45. The lowest BCUT2D eigenvalue weighted by Gasteiger charge is -2.40. The van der Waals surface area contributed by atoms with Crippen LogP contribution in [-0.4, -0.2) is 20.8 Å². The van der Waals surface area contributed by atoms with E-state index in [1.165, 1.54) is 24.3 Å². The zero-order valence-corrected chi connectivity index (χ0v) is 22.5. The molecule has 2 aromatic carbocycles. The second-order valence-electron chi connectivity index (χ2n) is 10.9. The summed E-state index contributed by atoms with van der Waals surface area (Å²) in [6.45, 7) is 1.93. The van der Waals surface area contributed by atoms with Gasteiger partial charge in [-0.15, -0.1) is 0 Å². The molecule has 6 nitrogen and oxygen atoms in total. The van der Waals surface area contributed by atoms with E-state index in [0.29, 0.717) is 29.5 Å². The van der Waals surface area contributed by atoms with E-state index in [1.807, 2.05) is 30.3 Å². The van der Waals surface area contributed by atoms with Crippen LogP contribution in [0.2, 0.25) is 0 Å². The minimum absolute atomic E-state index is 0.135. The van der Waals surface area contributed by atoms with Crippen LogP contribution in [0.25, 0.3) is 5.69 Å². The number of benzene rings is 2. The Kier molecular flexibility index (Phi) is 7.89. The van der Waals surface area contributed by atoms with Crippen molar-refractivity contribution in [3.8, 4) is 5.69 Å². The Morgan fingerprint density at radius 1 is 1.10 bits per heavy atom. The zero-order chi connectivity index (χ0) is 29.4. The fourth-order valence-corrected chi connectivity index (χ4v) is 5.45. The van der Waals surface area contributed by atoms with Gasteiger partial charge >= 0.3 is 6.18 Å². The van der Waals surface area contributed by atoms with Gasteiger partial charge in [0.25, 0.3) is 5.91 Å². The highest BCUT2D eigenvalue weighted by Gasteiger charge is 2.43. The summed E-state index contributed by atoms with van der Waals surface area (Å²) in [5, 5.41) is 18.2. The van der Waals surface area contributed by atoms with Crippen LogP contribution in [0.5, 0.6) is 0 Å². The smallest absolute Gasteiger partial charge is 0.385 e. The van der Waals surface area contributed by atoms with Crippen LogP contribution < -0.4 is 11.1 Å². The Morgan fingerprint density at radius 3 is 2.49 bits per heavy atom. The number of halogens is 4. The molecule has 10 heteroatoms. The molecule has 2 aliphatic rings. The number of alkyl halides is 3. The molecule has 3 unspecified atom stereocenters. The number of allylic oxidation sites excluding steroid dienone is 2. The highest BCUT2D eigenvalue weighted by Crippen LogP contribution is 2.46. The van der Waals surface area contributed by atoms with E-state index in [1.54, 1.807) is 19.1 Å². The third-order valence-corrected chi connectivity index (χ3v) is 7.91. The van der Waals surface area contributed by atoms with Crippen LogP contribution in [0.3, 0.4) is 0 Å². The first-order valence-corrected chi connectivity index (χ1v) is 13.6. The van der Waals surface area contributed by atoms with Crippen LogP contribution in [0, 0.1) is 17.8 Å². The van der Waals surface area contributed by atoms with Crippen molar-refractivity contribution in [2.24, 2.45) is 23.5 Å². The molecule has 1 aromatic heterocycles. The summed E-state index contributed by atoms with van der Waals surface area (Å²) >= 11 is 0. The van der Waals surface area contributed by atoms with Gasteiger partial charge in [0.05, 0.1) is 17.0 Å². The molecule has 0 radical (unpaired) electrons. The lowest BCUT2D eigenvalue weighted by atomic mass is 9.70. The quantitative estimate of drug-likeness (QED) is 0.270. The summed E-state index contributed by atoms with van der Waals surface area (Å²) in [6, 6.07) is 16.1. The maximum atomic E-state index is 15.3. The van der Waals surface area contributed by atoms with Gasteiger partial charge in [-0.2, -0.15) is 18.3 Å². The maximum absolute atomic E-state index is 15.3. The lowest BCUT2D eigenvalue weighted by Crippen LogP contribution is -2.40. The number of nitrogens with zero attached hydrogens (tertiary/aromatic N) is 2. The van der Waals surface area contributed by atoms with Gasteiger partial charge in [-0.3, -0.25) is 4.79 Å². The Hall–Kier alpha value is -3.76.